The smallest absolute Gasteiger partial charge is 0.192 e. The fraction of sp³-hybridized carbons (Fsp3) is 0.706. The summed E-state index contributed by atoms with van der Waals surface area (Å²) >= 11 is 0. The molecule has 0 heterocycles. The zero-order chi connectivity index (χ0) is 31.2. The molecule has 6 nitrogen and oxygen atoms in total. The maximum Gasteiger partial charge on any atom is 0.192 e. The second-order valence-electron chi connectivity index (χ2n) is 16.5. The molecule has 0 N–H and O–H groups in total. The van der Waals surface area contributed by atoms with Crippen LogP contribution >= 0.6 is 0 Å². The van der Waals surface area contributed by atoms with Crippen LogP contribution in [0.25, 0.3) is 0 Å². The van der Waals surface area contributed by atoms with Gasteiger partial charge in [-0.3, -0.25) is 19.2 Å². The fourth-order valence-electron chi connectivity index (χ4n) is 7.09. The van der Waals surface area contributed by atoms with Crippen LogP contribution in [0, 0.1) is 23.7 Å². The van der Waals surface area contributed by atoms with Gasteiger partial charge in [0.15, 0.2) is 39.8 Å². The number of hydrogen-bond donors (Lipinski definition) is 0. The molecule has 6 atom stereocenters. The summed E-state index contributed by atoms with van der Waals surface area (Å²) in [4.78, 5) is 55.4. The van der Waals surface area contributed by atoms with Crippen LogP contribution in [0.4, 0.5) is 0 Å². The molecule has 230 valence electrons. The minimum atomic E-state index is -2.03. The Labute approximate surface area is 254 Å². The van der Waals surface area contributed by atoms with Crippen LogP contribution in [-0.4, -0.2) is 52.0 Å². The van der Waals surface area contributed by atoms with Gasteiger partial charge in [-0.2, -0.15) is 0 Å². The van der Waals surface area contributed by atoms with Crippen molar-refractivity contribution in [2.75, 3.05) is 0 Å². The SMILES string of the molecule is CC(C)(C)[Si](C)(C)OC1CCC2C(=O)c3cc4c(cc3C(=O)C2C1)C(=O)C1CC(O[Si](C)(C)C(C)(C)C)CCC1C4=O. The first-order chi connectivity index (χ1) is 19.2. The Morgan fingerprint density at radius 2 is 0.810 bits per heavy atom. The van der Waals surface area contributed by atoms with Crippen molar-refractivity contribution < 1.29 is 28.0 Å². The van der Waals surface area contributed by atoms with E-state index in [1.165, 1.54) is 0 Å². The molecule has 2 fully saturated rings. The van der Waals surface area contributed by atoms with Crippen LogP contribution in [0.2, 0.25) is 36.3 Å². The summed E-state index contributed by atoms with van der Waals surface area (Å²) in [6.45, 7) is 22.1. The van der Waals surface area contributed by atoms with Crippen molar-refractivity contribution in [2.45, 2.75) is 129 Å². The van der Waals surface area contributed by atoms with Gasteiger partial charge >= 0.3 is 0 Å². The average Bonchev–Trinajstić information content (AvgIpc) is 2.88. The van der Waals surface area contributed by atoms with E-state index in [-0.39, 0.29) is 57.3 Å². The molecule has 1 aromatic rings. The molecule has 1 aromatic carbocycles. The van der Waals surface area contributed by atoms with E-state index in [2.05, 4.69) is 67.7 Å². The summed E-state index contributed by atoms with van der Waals surface area (Å²) in [5.74, 6) is -1.91. The van der Waals surface area contributed by atoms with Crippen LogP contribution in [-0.2, 0) is 8.85 Å². The maximum atomic E-state index is 14.0. The van der Waals surface area contributed by atoms with E-state index < -0.39 is 28.5 Å². The molecule has 0 aliphatic heterocycles. The van der Waals surface area contributed by atoms with Crippen molar-refractivity contribution in [1.82, 2.24) is 0 Å². The van der Waals surface area contributed by atoms with Crippen molar-refractivity contribution in [2.24, 2.45) is 23.7 Å². The Balaban J connectivity index is 1.41. The lowest BCUT2D eigenvalue weighted by Gasteiger charge is -2.44. The van der Waals surface area contributed by atoms with Gasteiger partial charge in [0.2, 0.25) is 0 Å². The van der Waals surface area contributed by atoms with Crippen molar-refractivity contribution >= 4 is 39.8 Å². The Hall–Kier alpha value is -1.75. The monoisotopic (exact) mass is 610 g/mol. The zero-order valence-electron chi connectivity index (χ0n) is 27.3. The fourth-order valence-corrected chi connectivity index (χ4v) is 9.89. The van der Waals surface area contributed by atoms with Gasteiger partial charge in [0, 0.05) is 58.1 Å². The molecule has 6 unspecified atom stereocenters. The van der Waals surface area contributed by atoms with E-state index in [1.807, 2.05) is 0 Å². The molecule has 0 spiro atoms. The minimum Gasteiger partial charge on any atom is -0.414 e. The van der Waals surface area contributed by atoms with E-state index >= 15 is 0 Å². The van der Waals surface area contributed by atoms with Crippen molar-refractivity contribution in [3.63, 3.8) is 0 Å². The largest absolute Gasteiger partial charge is 0.414 e. The molecule has 2 saturated carbocycles. The lowest BCUT2D eigenvalue weighted by Crippen LogP contribution is -2.49. The van der Waals surface area contributed by atoms with Crippen LogP contribution in [0.3, 0.4) is 0 Å². The summed E-state index contributed by atoms with van der Waals surface area (Å²) in [6.07, 6.45) is 3.69. The van der Waals surface area contributed by atoms with Crippen molar-refractivity contribution in [1.29, 1.82) is 0 Å². The first-order valence-electron chi connectivity index (χ1n) is 15.9. The molecular formula is C34H50O6Si2. The highest BCUT2D eigenvalue weighted by Crippen LogP contribution is 2.48. The average molecular weight is 611 g/mol. The Kier molecular flexibility index (Phi) is 7.86. The quantitative estimate of drug-likeness (QED) is 0.321. The van der Waals surface area contributed by atoms with Crippen molar-refractivity contribution in [3.8, 4) is 0 Å². The second-order valence-corrected chi connectivity index (χ2v) is 26.0. The number of carbonyl (C=O) groups is 4. The number of ketones is 4. The molecule has 0 radical (unpaired) electrons. The predicted octanol–water partition coefficient (Wildman–Crippen LogP) is 8.06. The Morgan fingerprint density at radius 3 is 1.10 bits per heavy atom. The van der Waals surface area contributed by atoms with Gasteiger partial charge in [-0.25, -0.2) is 0 Å². The normalized spacial score (nSPS) is 30.4. The van der Waals surface area contributed by atoms with E-state index in [1.54, 1.807) is 12.1 Å². The van der Waals surface area contributed by atoms with Gasteiger partial charge in [0.1, 0.15) is 0 Å². The lowest BCUT2D eigenvalue weighted by molar-refractivity contribution is 0.0464. The number of hydrogen-bond acceptors (Lipinski definition) is 6. The molecule has 0 saturated heterocycles. The number of Topliss-reactive ketones (excluding diaryl/α,β-unsaturated/α-hetero) is 4. The highest BCUT2D eigenvalue weighted by molar-refractivity contribution is 6.74. The molecule has 4 aliphatic rings. The van der Waals surface area contributed by atoms with E-state index in [9.17, 15) is 19.2 Å². The van der Waals surface area contributed by atoms with Crippen molar-refractivity contribution in [3.05, 3.63) is 34.4 Å². The zero-order valence-corrected chi connectivity index (χ0v) is 29.3. The second kappa shape index (κ2) is 10.4. The molecule has 0 aromatic heterocycles. The van der Waals surface area contributed by atoms with E-state index in [4.69, 9.17) is 8.85 Å². The van der Waals surface area contributed by atoms with E-state index in [0.29, 0.717) is 47.9 Å². The number of benzene rings is 1. The standard InChI is InChI=1S/C34H50O6Si2/c1-33(2,3)41(7,8)39-19-11-13-21-23(15-19)31(37)27-18-28-26(17-25(27)29(21)35)30(36)22-14-12-20(16-24(22)32(28)38)40-42(9,10)34(4,5)6/h17-24H,11-16H2,1-10H3. The molecular weight excluding hydrogens is 561 g/mol. The minimum absolute atomic E-state index is 0.0490. The number of fused-ring (bicyclic) bond motifs is 4. The van der Waals surface area contributed by atoms with Gasteiger partial charge in [-0.05, 0) is 86.9 Å². The molecule has 0 bridgehead atoms. The third-order valence-corrected chi connectivity index (χ3v) is 20.8. The van der Waals surface area contributed by atoms with E-state index in [0.717, 1.165) is 12.8 Å². The first kappa shape index (κ1) is 31.7. The van der Waals surface area contributed by atoms with Crippen LogP contribution < -0.4 is 0 Å². The third kappa shape index (κ3) is 5.28. The maximum absolute atomic E-state index is 14.0. The van der Waals surface area contributed by atoms with Gasteiger partial charge in [0.05, 0.1) is 0 Å². The Morgan fingerprint density at radius 1 is 0.524 bits per heavy atom. The summed E-state index contributed by atoms with van der Waals surface area (Å²) in [5.41, 5.74) is 1.30. The Bertz CT molecular complexity index is 1230. The van der Waals surface area contributed by atoms with Gasteiger partial charge < -0.3 is 8.85 Å². The summed E-state index contributed by atoms with van der Waals surface area (Å²) < 4.78 is 13.4. The molecule has 8 heteroatoms. The molecule has 4 aliphatic carbocycles. The molecule has 5 rings (SSSR count). The summed E-state index contributed by atoms with van der Waals surface area (Å²) in [7, 11) is -4.06. The van der Waals surface area contributed by atoms with Gasteiger partial charge in [-0.1, -0.05) is 41.5 Å². The summed E-state index contributed by atoms with van der Waals surface area (Å²) in [6, 6.07) is 3.18. The molecule has 0 amide bonds. The lowest BCUT2D eigenvalue weighted by atomic mass is 9.63. The van der Waals surface area contributed by atoms with Crippen LogP contribution in [0.15, 0.2) is 12.1 Å². The summed E-state index contributed by atoms with van der Waals surface area (Å²) in [5, 5.41) is 0.112. The highest BCUT2D eigenvalue weighted by Gasteiger charge is 2.51. The third-order valence-electron chi connectivity index (χ3n) is 11.7. The molecule has 42 heavy (non-hydrogen) atoms. The topological polar surface area (TPSA) is 86.7 Å². The van der Waals surface area contributed by atoms with Gasteiger partial charge in [-0.15, -0.1) is 0 Å². The number of carbonyl (C=O) groups excluding carboxylic acids is 4. The van der Waals surface area contributed by atoms with Crippen LogP contribution in [0.1, 0.15) is 121 Å². The van der Waals surface area contributed by atoms with Gasteiger partial charge in [0.25, 0.3) is 0 Å². The number of rotatable bonds is 4. The van der Waals surface area contributed by atoms with Crippen LogP contribution in [0.5, 0.6) is 0 Å². The highest BCUT2D eigenvalue weighted by atomic mass is 28.4. The predicted molar refractivity (Wildman–Crippen MR) is 170 cm³/mol. The first-order valence-corrected chi connectivity index (χ1v) is 21.8.